The van der Waals surface area contributed by atoms with E-state index in [4.69, 9.17) is 21.1 Å². The van der Waals surface area contributed by atoms with E-state index in [0.717, 1.165) is 23.4 Å². The molecule has 2 aromatic rings. The number of hydrogen-bond acceptors (Lipinski definition) is 7. The van der Waals surface area contributed by atoms with Crippen molar-refractivity contribution in [2.45, 2.75) is 23.8 Å². The summed E-state index contributed by atoms with van der Waals surface area (Å²) in [5.41, 5.74) is 0.280. The topological polar surface area (TPSA) is 122 Å². The number of ether oxygens (including phenoxy) is 2. The quantitative estimate of drug-likeness (QED) is 0.504. The van der Waals surface area contributed by atoms with Gasteiger partial charge < -0.3 is 14.8 Å². The summed E-state index contributed by atoms with van der Waals surface area (Å²) in [5, 5.41) is 3.02. The Morgan fingerprint density at radius 3 is 2.46 bits per heavy atom. The second-order valence-electron chi connectivity index (χ2n) is 8.23. The zero-order chi connectivity index (χ0) is 25.2. The first kappa shape index (κ1) is 25.5. The number of rotatable bonds is 8. The highest BCUT2D eigenvalue weighted by molar-refractivity contribution is 7.92. The molecule has 0 spiro atoms. The first-order valence-corrected chi connectivity index (χ1v) is 14.7. The maximum Gasteiger partial charge on any atom is 0.263 e. The average Bonchev–Trinajstić information content (AvgIpc) is 3.37. The summed E-state index contributed by atoms with van der Waals surface area (Å²) in [5.74, 6) is 0.212. The Kier molecular flexibility index (Phi) is 7.46. The maximum absolute atomic E-state index is 12.6. The van der Waals surface area contributed by atoms with Gasteiger partial charge >= 0.3 is 0 Å². The number of anilines is 1. The summed E-state index contributed by atoms with van der Waals surface area (Å²) >= 11 is 5.98. The molecule has 1 fully saturated rings. The standard InChI is InChI=1S/C22H26ClN3O7S2/c1-34(28,29)26-15-21(33-20-9-4-16(23)14-19(20)26)22(27)24-10-13-32-17-5-7-18(8-6-17)35(30,31)25-11-2-3-12-25/h4-9,14,21H,2-3,10-13,15H2,1H3,(H,24,27)/t21-/m0/s1. The minimum atomic E-state index is -3.66. The number of halogens is 1. The van der Waals surface area contributed by atoms with Gasteiger partial charge in [-0.25, -0.2) is 16.8 Å². The fourth-order valence-corrected chi connectivity index (χ4v) is 6.51. The number of nitrogens with zero attached hydrogens (tertiary/aromatic N) is 2. The van der Waals surface area contributed by atoms with Crippen LogP contribution in [0.3, 0.4) is 0 Å². The molecule has 10 nitrogen and oxygen atoms in total. The number of fused-ring (bicyclic) bond motifs is 1. The van der Waals surface area contributed by atoms with Crippen LogP contribution in [0.1, 0.15) is 12.8 Å². The molecule has 0 bridgehead atoms. The smallest absolute Gasteiger partial charge is 0.263 e. The van der Waals surface area contributed by atoms with Crippen LogP contribution in [0.25, 0.3) is 0 Å². The highest BCUT2D eigenvalue weighted by Crippen LogP contribution is 2.37. The van der Waals surface area contributed by atoms with Gasteiger partial charge in [0.1, 0.15) is 18.1 Å². The Hall–Kier alpha value is -2.54. The maximum atomic E-state index is 12.6. The Bertz CT molecular complexity index is 1290. The fraction of sp³-hybridized carbons (Fsp3) is 0.409. The highest BCUT2D eigenvalue weighted by atomic mass is 35.5. The molecule has 13 heteroatoms. The summed E-state index contributed by atoms with van der Waals surface area (Å²) in [6, 6.07) is 10.7. The van der Waals surface area contributed by atoms with E-state index in [-0.39, 0.29) is 36.0 Å². The van der Waals surface area contributed by atoms with E-state index in [2.05, 4.69) is 5.32 Å². The van der Waals surface area contributed by atoms with Crippen molar-refractivity contribution in [2.75, 3.05) is 43.3 Å². The van der Waals surface area contributed by atoms with E-state index in [1.165, 1.54) is 28.6 Å². The van der Waals surface area contributed by atoms with Crippen molar-refractivity contribution in [1.29, 1.82) is 0 Å². The van der Waals surface area contributed by atoms with Gasteiger partial charge in [-0.2, -0.15) is 4.31 Å². The lowest BCUT2D eigenvalue weighted by atomic mass is 10.2. The molecule has 0 unspecified atom stereocenters. The van der Waals surface area contributed by atoms with Crippen LogP contribution < -0.4 is 19.1 Å². The molecule has 35 heavy (non-hydrogen) atoms. The molecule has 1 saturated heterocycles. The molecule has 0 aromatic heterocycles. The van der Waals surface area contributed by atoms with Crippen molar-refractivity contribution >= 4 is 43.2 Å². The Morgan fingerprint density at radius 2 is 1.80 bits per heavy atom. The fourth-order valence-electron chi connectivity index (χ4n) is 3.92. The third-order valence-corrected chi connectivity index (χ3v) is 8.97. The minimum Gasteiger partial charge on any atom is -0.492 e. The summed E-state index contributed by atoms with van der Waals surface area (Å²) in [7, 11) is -7.15. The Balaban J connectivity index is 1.30. The van der Waals surface area contributed by atoms with Crippen LogP contribution >= 0.6 is 11.6 Å². The van der Waals surface area contributed by atoms with Crippen LogP contribution in [0.2, 0.25) is 5.02 Å². The second kappa shape index (κ2) is 10.2. The van der Waals surface area contributed by atoms with Gasteiger partial charge in [0.2, 0.25) is 20.0 Å². The number of carbonyl (C=O) groups excluding carboxylic acids is 1. The van der Waals surface area contributed by atoms with Crippen LogP contribution in [0.5, 0.6) is 11.5 Å². The van der Waals surface area contributed by atoms with E-state index < -0.39 is 32.1 Å². The van der Waals surface area contributed by atoms with E-state index in [9.17, 15) is 21.6 Å². The van der Waals surface area contributed by atoms with Crippen LogP contribution in [0.15, 0.2) is 47.4 Å². The van der Waals surface area contributed by atoms with Crippen molar-refractivity contribution in [3.8, 4) is 11.5 Å². The van der Waals surface area contributed by atoms with Crippen molar-refractivity contribution in [3.63, 3.8) is 0 Å². The van der Waals surface area contributed by atoms with Gasteiger partial charge in [-0.05, 0) is 55.3 Å². The molecular formula is C22H26ClN3O7S2. The third kappa shape index (κ3) is 5.83. The van der Waals surface area contributed by atoms with Crippen molar-refractivity contribution in [2.24, 2.45) is 0 Å². The van der Waals surface area contributed by atoms with Gasteiger partial charge in [0.25, 0.3) is 5.91 Å². The number of benzene rings is 2. The zero-order valence-electron chi connectivity index (χ0n) is 19.0. The number of carbonyl (C=O) groups is 1. The minimum absolute atomic E-state index is 0.124. The lowest BCUT2D eigenvalue weighted by Crippen LogP contribution is -2.51. The average molecular weight is 544 g/mol. The largest absolute Gasteiger partial charge is 0.492 e. The SMILES string of the molecule is CS(=O)(=O)N1C[C@@H](C(=O)NCCOc2ccc(S(=O)(=O)N3CCCC3)cc2)Oc2ccc(Cl)cc21. The predicted molar refractivity (Wildman–Crippen MR) is 131 cm³/mol. The van der Waals surface area contributed by atoms with Crippen LogP contribution in [0, 0.1) is 0 Å². The summed E-state index contributed by atoms with van der Waals surface area (Å²) < 4.78 is 63.5. The molecule has 0 aliphatic carbocycles. The molecular weight excluding hydrogens is 518 g/mol. The van der Waals surface area contributed by atoms with Gasteiger partial charge in [0.15, 0.2) is 6.10 Å². The summed E-state index contributed by atoms with van der Waals surface area (Å²) in [6.45, 7) is 1.14. The van der Waals surface area contributed by atoms with E-state index >= 15 is 0 Å². The van der Waals surface area contributed by atoms with Crippen LogP contribution in [-0.4, -0.2) is 72.2 Å². The van der Waals surface area contributed by atoms with Gasteiger partial charge in [-0.3, -0.25) is 9.10 Å². The van der Waals surface area contributed by atoms with Crippen molar-refractivity contribution < 1.29 is 31.1 Å². The second-order valence-corrected chi connectivity index (χ2v) is 12.5. The van der Waals surface area contributed by atoms with E-state index in [0.29, 0.717) is 23.9 Å². The Morgan fingerprint density at radius 1 is 1.11 bits per heavy atom. The van der Waals surface area contributed by atoms with Gasteiger partial charge in [0.05, 0.1) is 29.9 Å². The molecule has 1 amide bonds. The van der Waals surface area contributed by atoms with Gasteiger partial charge in [-0.1, -0.05) is 11.6 Å². The van der Waals surface area contributed by atoms with Crippen molar-refractivity contribution in [1.82, 2.24) is 9.62 Å². The number of nitrogens with one attached hydrogen (secondary N) is 1. The summed E-state index contributed by atoms with van der Waals surface area (Å²) in [6.07, 6.45) is 1.73. The van der Waals surface area contributed by atoms with Gasteiger partial charge in [0, 0.05) is 18.1 Å². The third-order valence-electron chi connectivity index (χ3n) is 5.68. The molecule has 2 aromatic carbocycles. The number of amides is 1. The molecule has 1 N–H and O–H groups in total. The Labute approximate surface area is 209 Å². The molecule has 2 aliphatic heterocycles. The number of hydrogen-bond donors (Lipinski definition) is 1. The zero-order valence-corrected chi connectivity index (χ0v) is 21.4. The molecule has 2 heterocycles. The van der Waals surface area contributed by atoms with Crippen LogP contribution in [0.4, 0.5) is 5.69 Å². The molecule has 1 atom stereocenters. The predicted octanol–water partition coefficient (Wildman–Crippen LogP) is 1.85. The lowest BCUT2D eigenvalue weighted by Gasteiger charge is -2.34. The molecule has 0 saturated carbocycles. The normalized spacial score (nSPS) is 18.6. The van der Waals surface area contributed by atoms with Crippen LogP contribution in [-0.2, 0) is 24.8 Å². The first-order valence-electron chi connectivity index (χ1n) is 11.0. The van der Waals surface area contributed by atoms with Gasteiger partial charge in [-0.15, -0.1) is 0 Å². The van der Waals surface area contributed by atoms with E-state index in [1.54, 1.807) is 18.2 Å². The monoisotopic (exact) mass is 543 g/mol. The number of sulfonamides is 2. The molecule has 190 valence electrons. The molecule has 4 rings (SSSR count). The van der Waals surface area contributed by atoms with Crippen molar-refractivity contribution in [3.05, 3.63) is 47.5 Å². The van der Waals surface area contributed by atoms with E-state index in [1.807, 2.05) is 0 Å². The summed E-state index contributed by atoms with van der Waals surface area (Å²) in [4.78, 5) is 12.8. The first-order chi connectivity index (χ1) is 16.6. The lowest BCUT2D eigenvalue weighted by molar-refractivity contribution is -0.127. The highest BCUT2D eigenvalue weighted by Gasteiger charge is 2.35. The molecule has 2 aliphatic rings. The molecule has 0 radical (unpaired) electrons.